The van der Waals surface area contributed by atoms with Crippen molar-refractivity contribution in [3.8, 4) is 0 Å². The number of carboxylic acids is 2. The first-order valence-corrected chi connectivity index (χ1v) is 4.86. The minimum Gasteiger partial charge on any atom is -0.481 e. The van der Waals surface area contributed by atoms with E-state index in [9.17, 15) is 9.59 Å². The van der Waals surface area contributed by atoms with Crippen LogP contribution in [0.15, 0.2) is 0 Å². The Hall–Kier alpha value is -1.56. The van der Waals surface area contributed by atoms with Crippen LogP contribution < -0.4 is 0 Å². The molecular formula is C9H11ClN2O4. The fraction of sp³-hybridized carbons (Fsp3) is 0.444. The predicted octanol–water partition coefficient (Wildman–Crippen LogP) is 1.02. The number of rotatable bonds is 4. The molecule has 0 aliphatic carbocycles. The van der Waals surface area contributed by atoms with Gasteiger partial charge in [0.2, 0.25) is 0 Å². The minimum absolute atomic E-state index is 0.158. The van der Waals surface area contributed by atoms with E-state index in [2.05, 4.69) is 5.10 Å². The molecule has 0 aliphatic rings. The maximum atomic E-state index is 11.0. The second kappa shape index (κ2) is 4.52. The van der Waals surface area contributed by atoms with Crippen molar-refractivity contribution in [2.45, 2.75) is 19.3 Å². The molecule has 88 valence electrons. The van der Waals surface area contributed by atoms with Crippen molar-refractivity contribution >= 4 is 23.5 Å². The molecule has 0 aliphatic heterocycles. The normalized spacial score (nSPS) is 12.4. The Kier molecular flexibility index (Phi) is 3.54. The summed E-state index contributed by atoms with van der Waals surface area (Å²) >= 11 is 5.88. The van der Waals surface area contributed by atoms with Crippen LogP contribution in [0, 0.1) is 6.92 Å². The second-order valence-corrected chi connectivity index (χ2v) is 3.76. The molecule has 0 bridgehead atoms. The van der Waals surface area contributed by atoms with Gasteiger partial charge in [-0.25, -0.2) is 0 Å². The van der Waals surface area contributed by atoms with Crippen molar-refractivity contribution in [3.05, 3.63) is 16.4 Å². The van der Waals surface area contributed by atoms with Gasteiger partial charge in [-0.1, -0.05) is 11.6 Å². The standard InChI is InChI=1S/C9H11ClN2O4/c1-4-7(8(10)12(2)11-4)5(9(15)16)3-6(13)14/h5H,3H2,1-2H3,(H,13,14)(H,15,16). The summed E-state index contributed by atoms with van der Waals surface area (Å²) in [6.07, 6.45) is -0.512. The first-order chi connectivity index (χ1) is 7.34. The number of carbonyl (C=O) groups is 2. The molecule has 0 saturated carbocycles. The first kappa shape index (κ1) is 12.5. The molecule has 0 fully saturated rings. The second-order valence-electron chi connectivity index (χ2n) is 3.40. The van der Waals surface area contributed by atoms with Gasteiger partial charge in [0, 0.05) is 12.6 Å². The van der Waals surface area contributed by atoms with E-state index in [4.69, 9.17) is 21.8 Å². The van der Waals surface area contributed by atoms with E-state index < -0.39 is 24.3 Å². The van der Waals surface area contributed by atoms with Gasteiger partial charge in [-0.2, -0.15) is 5.10 Å². The number of aryl methyl sites for hydroxylation is 2. The molecule has 0 saturated heterocycles. The van der Waals surface area contributed by atoms with E-state index in [1.165, 1.54) is 4.68 Å². The van der Waals surface area contributed by atoms with Crippen molar-refractivity contribution in [2.24, 2.45) is 7.05 Å². The molecule has 0 spiro atoms. The summed E-state index contributed by atoms with van der Waals surface area (Å²) in [5, 5.41) is 21.7. The van der Waals surface area contributed by atoms with Crippen molar-refractivity contribution in [1.29, 1.82) is 0 Å². The maximum Gasteiger partial charge on any atom is 0.311 e. The molecule has 16 heavy (non-hydrogen) atoms. The first-order valence-electron chi connectivity index (χ1n) is 4.48. The third-order valence-electron chi connectivity index (χ3n) is 2.22. The Morgan fingerprint density at radius 2 is 2.06 bits per heavy atom. The van der Waals surface area contributed by atoms with Crippen LogP contribution in [0.5, 0.6) is 0 Å². The van der Waals surface area contributed by atoms with Gasteiger partial charge in [-0.3, -0.25) is 14.3 Å². The monoisotopic (exact) mass is 246 g/mol. The number of aromatic nitrogens is 2. The molecule has 1 atom stereocenters. The Morgan fingerprint density at radius 1 is 1.50 bits per heavy atom. The number of carboxylic acid groups (broad SMARTS) is 2. The molecule has 6 nitrogen and oxygen atoms in total. The quantitative estimate of drug-likeness (QED) is 0.828. The van der Waals surface area contributed by atoms with Crippen LogP contribution in [0.3, 0.4) is 0 Å². The SMILES string of the molecule is Cc1nn(C)c(Cl)c1C(CC(=O)O)C(=O)O. The zero-order valence-electron chi connectivity index (χ0n) is 8.77. The lowest BCUT2D eigenvalue weighted by Gasteiger charge is -2.09. The third-order valence-corrected chi connectivity index (χ3v) is 2.67. The topological polar surface area (TPSA) is 92.4 Å². The summed E-state index contributed by atoms with van der Waals surface area (Å²) in [5.41, 5.74) is 0.695. The molecule has 1 heterocycles. The van der Waals surface area contributed by atoms with E-state index in [1.54, 1.807) is 14.0 Å². The number of nitrogens with zero attached hydrogens (tertiary/aromatic N) is 2. The highest BCUT2D eigenvalue weighted by Gasteiger charge is 2.29. The summed E-state index contributed by atoms with van der Waals surface area (Å²) in [6, 6.07) is 0. The largest absolute Gasteiger partial charge is 0.481 e. The minimum atomic E-state index is -1.22. The highest BCUT2D eigenvalue weighted by Crippen LogP contribution is 2.30. The summed E-state index contributed by atoms with van der Waals surface area (Å²) in [5.74, 6) is -3.58. The van der Waals surface area contributed by atoms with Crippen LogP contribution in [0.1, 0.15) is 23.6 Å². The van der Waals surface area contributed by atoms with Crippen LogP contribution in [-0.2, 0) is 16.6 Å². The fourth-order valence-corrected chi connectivity index (χ4v) is 1.84. The van der Waals surface area contributed by atoms with Gasteiger partial charge in [-0.15, -0.1) is 0 Å². The van der Waals surface area contributed by atoms with E-state index in [0.29, 0.717) is 5.69 Å². The molecule has 1 rings (SSSR count). The van der Waals surface area contributed by atoms with Crippen molar-refractivity contribution in [1.82, 2.24) is 9.78 Å². The molecule has 0 amide bonds. The van der Waals surface area contributed by atoms with Crippen LogP contribution in [0.25, 0.3) is 0 Å². The molecular weight excluding hydrogens is 236 g/mol. The van der Waals surface area contributed by atoms with E-state index in [-0.39, 0.29) is 10.7 Å². The van der Waals surface area contributed by atoms with Crippen LogP contribution >= 0.6 is 11.6 Å². The Bertz CT molecular complexity index is 441. The van der Waals surface area contributed by atoms with Gasteiger partial charge < -0.3 is 10.2 Å². The molecule has 1 unspecified atom stereocenters. The van der Waals surface area contributed by atoms with E-state index in [0.717, 1.165) is 0 Å². The van der Waals surface area contributed by atoms with Crippen molar-refractivity contribution < 1.29 is 19.8 Å². The lowest BCUT2D eigenvalue weighted by Crippen LogP contribution is -2.16. The van der Waals surface area contributed by atoms with E-state index in [1.807, 2.05) is 0 Å². The zero-order valence-corrected chi connectivity index (χ0v) is 9.52. The van der Waals surface area contributed by atoms with Crippen LogP contribution in [-0.4, -0.2) is 31.9 Å². The van der Waals surface area contributed by atoms with Gasteiger partial charge in [0.05, 0.1) is 18.0 Å². The summed E-state index contributed by atoms with van der Waals surface area (Å²) in [7, 11) is 1.57. The molecule has 7 heteroatoms. The predicted molar refractivity (Wildman–Crippen MR) is 55.6 cm³/mol. The summed E-state index contributed by atoms with van der Waals surface area (Å²) in [6.45, 7) is 1.60. The number of hydrogen-bond donors (Lipinski definition) is 2. The lowest BCUT2D eigenvalue weighted by atomic mass is 9.97. The Balaban J connectivity index is 3.20. The number of halogens is 1. The smallest absolute Gasteiger partial charge is 0.311 e. The van der Waals surface area contributed by atoms with Gasteiger partial charge in [0.15, 0.2) is 0 Å². The molecule has 0 radical (unpaired) electrons. The zero-order chi connectivity index (χ0) is 12.5. The van der Waals surface area contributed by atoms with Gasteiger partial charge in [-0.05, 0) is 6.92 Å². The highest BCUT2D eigenvalue weighted by molar-refractivity contribution is 6.30. The molecule has 0 aromatic carbocycles. The summed E-state index contributed by atoms with van der Waals surface area (Å²) in [4.78, 5) is 21.6. The van der Waals surface area contributed by atoms with Crippen LogP contribution in [0.2, 0.25) is 5.15 Å². The molecule has 2 N–H and O–H groups in total. The average molecular weight is 247 g/mol. The maximum absolute atomic E-state index is 11.0. The van der Waals surface area contributed by atoms with Crippen molar-refractivity contribution in [2.75, 3.05) is 0 Å². The number of aliphatic carboxylic acids is 2. The Morgan fingerprint density at radius 3 is 2.38 bits per heavy atom. The van der Waals surface area contributed by atoms with Gasteiger partial charge in [0.25, 0.3) is 0 Å². The number of hydrogen-bond acceptors (Lipinski definition) is 3. The highest BCUT2D eigenvalue weighted by atomic mass is 35.5. The van der Waals surface area contributed by atoms with Crippen molar-refractivity contribution in [3.63, 3.8) is 0 Å². The van der Waals surface area contributed by atoms with Gasteiger partial charge in [0.1, 0.15) is 5.15 Å². The fourth-order valence-electron chi connectivity index (χ4n) is 1.53. The third kappa shape index (κ3) is 2.33. The molecule has 1 aromatic heterocycles. The van der Waals surface area contributed by atoms with Crippen LogP contribution in [0.4, 0.5) is 0 Å². The molecule has 1 aromatic rings. The lowest BCUT2D eigenvalue weighted by molar-refractivity contribution is -0.145. The van der Waals surface area contributed by atoms with Gasteiger partial charge >= 0.3 is 11.9 Å². The average Bonchev–Trinajstić information content (AvgIpc) is 2.38. The summed E-state index contributed by atoms with van der Waals surface area (Å²) < 4.78 is 1.32. The Labute approximate surface area is 96.4 Å². The van der Waals surface area contributed by atoms with E-state index >= 15 is 0 Å².